The second-order valence-electron chi connectivity index (χ2n) is 4.56. The Balaban J connectivity index is 2.38. The van der Waals surface area contributed by atoms with Gasteiger partial charge in [0, 0.05) is 12.5 Å². The van der Waals surface area contributed by atoms with Gasteiger partial charge in [-0.15, -0.1) is 0 Å². The summed E-state index contributed by atoms with van der Waals surface area (Å²) in [6.07, 6.45) is -3.78. The molecule has 0 spiro atoms. The number of carbonyl (C=O) groups excluding carboxylic acids is 1. The van der Waals surface area contributed by atoms with Crippen molar-refractivity contribution in [3.05, 3.63) is 0 Å². The first kappa shape index (κ1) is 14.8. The molecule has 0 saturated heterocycles. The van der Waals surface area contributed by atoms with E-state index in [1.165, 1.54) is 0 Å². The first-order valence-electron chi connectivity index (χ1n) is 5.87. The molecular formula is C11H16F3NO3. The fourth-order valence-corrected chi connectivity index (χ4v) is 2.14. The SMILES string of the molecule is O=C(O)CCC(=O)NC1CCCC(C(F)(F)F)C1. The molecule has 1 fully saturated rings. The summed E-state index contributed by atoms with van der Waals surface area (Å²) in [6, 6.07) is -0.494. The van der Waals surface area contributed by atoms with Crippen LogP contribution in [-0.2, 0) is 9.59 Å². The van der Waals surface area contributed by atoms with Crippen LogP contribution in [0.2, 0.25) is 0 Å². The monoisotopic (exact) mass is 267 g/mol. The molecule has 18 heavy (non-hydrogen) atoms. The van der Waals surface area contributed by atoms with Crippen LogP contribution in [-0.4, -0.2) is 29.2 Å². The molecule has 0 radical (unpaired) electrons. The number of nitrogens with one attached hydrogen (secondary N) is 1. The van der Waals surface area contributed by atoms with E-state index in [9.17, 15) is 22.8 Å². The first-order valence-corrected chi connectivity index (χ1v) is 5.87. The standard InChI is InChI=1S/C11H16F3NO3/c12-11(13,14)7-2-1-3-8(6-7)15-9(16)4-5-10(17)18/h7-8H,1-6H2,(H,15,16)(H,17,18). The summed E-state index contributed by atoms with van der Waals surface area (Å²) in [4.78, 5) is 21.6. The highest BCUT2D eigenvalue weighted by Crippen LogP contribution is 2.37. The van der Waals surface area contributed by atoms with Crippen molar-refractivity contribution in [2.24, 2.45) is 5.92 Å². The number of carbonyl (C=O) groups is 2. The van der Waals surface area contributed by atoms with Crippen LogP contribution in [0.4, 0.5) is 13.2 Å². The van der Waals surface area contributed by atoms with E-state index in [2.05, 4.69) is 5.32 Å². The van der Waals surface area contributed by atoms with E-state index in [4.69, 9.17) is 5.11 Å². The molecule has 104 valence electrons. The minimum absolute atomic E-state index is 0.102. The molecule has 0 aliphatic heterocycles. The molecule has 1 saturated carbocycles. The van der Waals surface area contributed by atoms with Crippen LogP contribution in [0.25, 0.3) is 0 Å². The minimum Gasteiger partial charge on any atom is -0.481 e. The van der Waals surface area contributed by atoms with E-state index in [0.717, 1.165) is 0 Å². The number of halogens is 3. The second-order valence-corrected chi connectivity index (χ2v) is 4.56. The van der Waals surface area contributed by atoms with Crippen LogP contribution >= 0.6 is 0 Å². The summed E-state index contributed by atoms with van der Waals surface area (Å²) in [5.74, 6) is -2.96. The van der Waals surface area contributed by atoms with Crippen molar-refractivity contribution in [1.82, 2.24) is 5.32 Å². The Morgan fingerprint density at radius 1 is 1.22 bits per heavy atom. The summed E-state index contributed by atoms with van der Waals surface area (Å²) in [6.45, 7) is 0. The zero-order chi connectivity index (χ0) is 13.8. The summed E-state index contributed by atoms with van der Waals surface area (Å²) in [5, 5.41) is 10.9. The lowest BCUT2D eigenvalue weighted by atomic mass is 9.85. The third kappa shape index (κ3) is 4.93. The maximum Gasteiger partial charge on any atom is 0.391 e. The van der Waals surface area contributed by atoms with Gasteiger partial charge < -0.3 is 10.4 Å². The van der Waals surface area contributed by atoms with Gasteiger partial charge in [0.2, 0.25) is 5.91 Å². The number of rotatable bonds is 4. The molecule has 7 heteroatoms. The predicted molar refractivity (Wildman–Crippen MR) is 56.8 cm³/mol. The van der Waals surface area contributed by atoms with E-state index in [1.54, 1.807) is 0 Å². The fourth-order valence-electron chi connectivity index (χ4n) is 2.14. The molecule has 0 bridgehead atoms. The molecule has 2 atom stereocenters. The maximum absolute atomic E-state index is 12.5. The predicted octanol–water partition coefficient (Wildman–Crippen LogP) is 2.09. The van der Waals surface area contributed by atoms with E-state index in [1.807, 2.05) is 0 Å². The first-order chi connectivity index (χ1) is 8.29. The van der Waals surface area contributed by atoms with Gasteiger partial charge in [-0.3, -0.25) is 9.59 Å². The van der Waals surface area contributed by atoms with E-state index in [0.29, 0.717) is 12.8 Å². The smallest absolute Gasteiger partial charge is 0.391 e. The van der Waals surface area contributed by atoms with Gasteiger partial charge in [0.05, 0.1) is 12.3 Å². The zero-order valence-electron chi connectivity index (χ0n) is 9.79. The van der Waals surface area contributed by atoms with Crippen molar-refractivity contribution in [2.45, 2.75) is 50.7 Å². The van der Waals surface area contributed by atoms with Crippen molar-refractivity contribution >= 4 is 11.9 Å². The van der Waals surface area contributed by atoms with Crippen LogP contribution in [0.1, 0.15) is 38.5 Å². The summed E-state index contributed by atoms with van der Waals surface area (Å²) >= 11 is 0. The number of alkyl halides is 3. The van der Waals surface area contributed by atoms with Gasteiger partial charge in [-0.25, -0.2) is 0 Å². The van der Waals surface area contributed by atoms with Crippen LogP contribution < -0.4 is 5.32 Å². The zero-order valence-corrected chi connectivity index (χ0v) is 9.79. The molecule has 1 aliphatic rings. The topological polar surface area (TPSA) is 66.4 Å². The highest BCUT2D eigenvalue weighted by Gasteiger charge is 2.42. The van der Waals surface area contributed by atoms with Gasteiger partial charge in [-0.1, -0.05) is 6.42 Å². The number of carboxylic acid groups (broad SMARTS) is 1. The third-order valence-electron chi connectivity index (χ3n) is 3.07. The molecule has 4 nitrogen and oxygen atoms in total. The average Bonchev–Trinajstić information content (AvgIpc) is 2.25. The maximum atomic E-state index is 12.5. The Kier molecular flexibility index (Phi) is 4.98. The molecule has 1 amide bonds. The summed E-state index contributed by atoms with van der Waals surface area (Å²) < 4.78 is 37.5. The summed E-state index contributed by atoms with van der Waals surface area (Å²) in [7, 11) is 0. The van der Waals surface area contributed by atoms with Crippen LogP contribution in [0, 0.1) is 5.92 Å². The number of hydrogen-bond donors (Lipinski definition) is 2. The van der Waals surface area contributed by atoms with Crippen LogP contribution in [0.5, 0.6) is 0 Å². The largest absolute Gasteiger partial charge is 0.481 e. The summed E-state index contributed by atoms with van der Waals surface area (Å²) in [5.41, 5.74) is 0. The molecule has 0 aromatic rings. The molecule has 1 rings (SSSR count). The molecule has 2 unspecified atom stereocenters. The van der Waals surface area contributed by atoms with E-state index >= 15 is 0 Å². The Hall–Kier alpha value is -1.27. The van der Waals surface area contributed by atoms with Gasteiger partial charge >= 0.3 is 12.1 Å². The molecule has 0 heterocycles. The van der Waals surface area contributed by atoms with Gasteiger partial charge in [-0.05, 0) is 19.3 Å². The Morgan fingerprint density at radius 3 is 2.44 bits per heavy atom. The highest BCUT2D eigenvalue weighted by atomic mass is 19.4. The lowest BCUT2D eigenvalue weighted by molar-refractivity contribution is -0.184. The van der Waals surface area contributed by atoms with Crippen LogP contribution in [0.3, 0.4) is 0 Å². The van der Waals surface area contributed by atoms with Gasteiger partial charge in [0.25, 0.3) is 0 Å². The van der Waals surface area contributed by atoms with Crippen molar-refractivity contribution in [3.8, 4) is 0 Å². The van der Waals surface area contributed by atoms with Gasteiger partial charge in [-0.2, -0.15) is 13.2 Å². The molecule has 0 aromatic heterocycles. The molecule has 0 aromatic carbocycles. The normalized spacial score (nSPS) is 24.6. The van der Waals surface area contributed by atoms with E-state index < -0.39 is 30.0 Å². The number of amides is 1. The number of hydrogen-bond acceptors (Lipinski definition) is 2. The number of aliphatic carboxylic acids is 1. The van der Waals surface area contributed by atoms with Crippen molar-refractivity contribution < 1.29 is 27.9 Å². The average molecular weight is 267 g/mol. The minimum atomic E-state index is -4.22. The number of carboxylic acids is 1. The quantitative estimate of drug-likeness (QED) is 0.819. The highest BCUT2D eigenvalue weighted by molar-refractivity contribution is 5.80. The fraction of sp³-hybridized carbons (Fsp3) is 0.818. The Morgan fingerprint density at radius 2 is 1.89 bits per heavy atom. The van der Waals surface area contributed by atoms with Gasteiger partial charge in [0.15, 0.2) is 0 Å². The van der Waals surface area contributed by atoms with Crippen molar-refractivity contribution in [3.63, 3.8) is 0 Å². The Labute approximate surface area is 103 Å². The van der Waals surface area contributed by atoms with Gasteiger partial charge in [0.1, 0.15) is 0 Å². The van der Waals surface area contributed by atoms with Crippen molar-refractivity contribution in [1.29, 1.82) is 0 Å². The van der Waals surface area contributed by atoms with Crippen molar-refractivity contribution in [2.75, 3.05) is 0 Å². The lowest BCUT2D eigenvalue weighted by Gasteiger charge is -2.31. The van der Waals surface area contributed by atoms with E-state index in [-0.39, 0.29) is 25.7 Å². The molecule has 2 N–H and O–H groups in total. The molecular weight excluding hydrogens is 251 g/mol. The lowest BCUT2D eigenvalue weighted by Crippen LogP contribution is -2.41. The second kappa shape index (κ2) is 6.06. The molecule has 1 aliphatic carbocycles. The Bertz CT molecular complexity index is 317. The van der Waals surface area contributed by atoms with Crippen LogP contribution in [0.15, 0.2) is 0 Å². The third-order valence-corrected chi connectivity index (χ3v) is 3.07.